The fraction of sp³-hybridized carbons (Fsp3) is 0.487. The molecule has 1 aromatic heterocycles. The number of amides is 4. The zero-order valence-corrected chi connectivity index (χ0v) is 30.6. The third-order valence-electron chi connectivity index (χ3n) is 10.1. The van der Waals surface area contributed by atoms with Crippen LogP contribution in [0.4, 0.5) is 15.3 Å². The number of fused-ring (bicyclic) bond motifs is 2. The predicted octanol–water partition coefficient (Wildman–Crippen LogP) is 5.01. The fourth-order valence-electron chi connectivity index (χ4n) is 7.35. The fourth-order valence-corrected chi connectivity index (χ4v) is 7.35. The van der Waals surface area contributed by atoms with Crippen LogP contribution >= 0.6 is 0 Å². The number of H-pyrrole nitrogens is 1. The summed E-state index contributed by atoms with van der Waals surface area (Å²) in [6.45, 7) is 8.81. The van der Waals surface area contributed by atoms with Crippen molar-refractivity contribution in [1.82, 2.24) is 30.4 Å². The van der Waals surface area contributed by atoms with Crippen molar-refractivity contribution in [2.24, 2.45) is 16.8 Å². The Morgan fingerprint density at radius 1 is 0.808 bits per heavy atom. The van der Waals surface area contributed by atoms with Gasteiger partial charge in [0.1, 0.15) is 17.9 Å². The first kappa shape index (κ1) is 36.4. The normalized spacial score (nSPS) is 19.2. The molecule has 1 unspecified atom stereocenters. The predicted molar refractivity (Wildman–Crippen MR) is 196 cm³/mol. The van der Waals surface area contributed by atoms with Crippen molar-refractivity contribution in [2.45, 2.75) is 84.0 Å². The number of carbonyl (C=O) groups excluding carboxylic acids is 4. The monoisotopic (exact) mass is 709 g/mol. The number of aliphatic imine (C=N–C) groups is 1. The van der Waals surface area contributed by atoms with Crippen LogP contribution in [-0.4, -0.2) is 94.9 Å². The van der Waals surface area contributed by atoms with Gasteiger partial charge in [-0.2, -0.15) is 0 Å². The van der Waals surface area contributed by atoms with Gasteiger partial charge >= 0.3 is 12.2 Å². The zero-order chi connectivity index (χ0) is 37.1. The van der Waals surface area contributed by atoms with Crippen LogP contribution in [0, 0.1) is 23.7 Å². The Morgan fingerprint density at radius 3 is 1.96 bits per heavy atom. The summed E-state index contributed by atoms with van der Waals surface area (Å²) in [5.41, 5.74) is 6.21. The van der Waals surface area contributed by atoms with E-state index >= 15 is 0 Å². The van der Waals surface area contributed by atoms with Crippen LogP contribution in [-0.2, 0) is 25.5 Å². The number of alkyl carbamates (subject to hydrolysis) is 2. The molecular formula is C39H47N7O6. The number of hydrogen-bond acceptors (Lipinski definition) is 8. The maximum absolute atomic E-state index is 13.6. The quantitative estimate of drug-likeness (QED) is 0.278. The van der Waals surface area contributed by atoms with Crippen molar-refractivity contribution >= 4 is 46.4 Å². The Morgan fingerprint density at radius 2 is 1.37 bits per heavy atom. The van der Waals surface area contributed by atoms with Crippen LogP contribution in [0.25, 0.3) is 11.0 Å². The lowest BCUT2D eigenvalue weighted by Gasteiger charge is -2.30. The van der Waals surface area contributed by atoms with Gasteiger partial charge in [0.15, 0.2) is 0 Å². The van der Waals surface area contributed by atoms with Crippen molar-refractivity contribution < 1.29 is 28.7 Å². The lowest BCUT2D eigenvalue weighted by molar-refractivity contribution is -0.135. The number of nitrogens with zero attached hydrogens (tertiary/aromatic N) is 4. The molecule has 2 aromatic carbocycles. The highest BCUT2D eigenvalue weighted by atomic mass is 16.5. The van der Waals surface area contributed by atoms with E-state index in [-0.39, 0.29) is 35.7 Å². The number of imidazole rings is 1. The van der Waals surface area contributed by atoms with Crippen molar-refractivity contribution in [3.05, 3.63) is 58.9 Å². The molecule has 13 heteroatoms. The average Bonchev–Trinajstić information content (AvgIpc) is 3.95. The van der Waals surface area contributed by atoms with Crippen molar-refractivity contribution in [2.75, 3.05) is 27.3 Å². The molecule has 3 N–H and O–H groups in total. The number of nitrogens with one attached hydrogen (secondary N) is 3. The highest BCUT2D eigenvalue weighted by molar-refractivity contribution is 6.01. The van der Waals surface area contributed by atoms with Crippen LogP contribution in [0.3, 0.4) is 0 Å². The van der Waals surface area contributed by atoms with E-state index in [9.17, 15) is 19.2 Å². The number of likely N-dealkylation sites (tertiary alicyclic amines) is 2. The van der Waals surface area contributed by atoms with Crippen LogP contribution in [0.1, 0.15) is 81.9 Å². The third kappa shape index (κ3) is 7.61. The second-order valence-electron chi connectivity index (χ2n) is 14.3. The summed E-state index contributed by atoms with van der Waals surface area (Å²) in [6.07, 6.45) is 2.69. The number of benzene rings is 2. The second-order valence-corrected chi connectivity index (χ2v) is 14.3. The molecule has 0 bridgehead atoms. The number of rotatable bonds is 8. The number of ether oxygens (including phenoxy) is 2. The number of aromatic amines is 1. The van der Waals surface area contributed by atoms with Crippen molar-refractivity contribution in [3.63, 3.8) is 0 Å². The summed E-state index contributed by atoms with van der Waals surface area (Å²) >= 11 is 0. The Kier molecular flexibility index (Phi) is 10.8. The molecule has 0 aliphatic carbocycles. The summed E-state index contributed by atoms with van der Waals surface area (Å²) in [4.78, 5) is 67.9. The van der Waals surface area contributed by atoms with Crippen LogP contribution in [0.15, 0.2) is 41.4 Å². The van der Waals surface area contributed by atoms with Crippen molar-refractivity contribution in [1.29, 1.82) is 0 Å². The van der Waals surface area contributed by atoms with E-state index in [4.69, 9.17) is 19.5 Å². The lowest BCUT2D eigenvalue weighted by atomic mass is 9.99. The van der Waals surface area contributed by atoms with E-state index in [1.54, 1.807) is 4.90 Å². The first-order valence-corrected chi connectivity index (χ1v) is 18.0. The summed E-state index contributed by atoms with van der Waals surface area (Å²) in [5.74, 6) is 6.82. The molecule has 3 aliphatic heterocycles. The Balaban J connectivity index is 1.13. The van der Waals surface area contributed by atoms with E-state index < -0.39 is 24.3 Å². The third-order valence-corrected chi connectivity index (χ3v) is 10.1. The molecular weight excluding hydrogens is 662 g/mol. The largest absolute Gasteiger partial charge is 0.453 e. The van der Waals surface area contributed by atoms with Gasteiger partial charge < -0.3 is 34.9 Å². The molecule has 0 saturated carbocycles. The molecule has 3 aromatic rings. The average molecular weight is 710 g/mol. The second kappa shape index (κ2) is 15.5. The maximum Gasteiger partial charge on any atom is 0.407 e. The number of carbonyl (C=O) groups is 4. The summed E-state index contributed by atoms with van der Waals surface area (Å²) in [6, 6.07) is 10.1. The highest BCUT2D eigenvalue weighted by Gasteiger charge is 2.39. The first-order valence-electron chi connectivity index (χ1n) is 18.0. The molecule has 6 rings (SSSR count). The Labute approximate surface area is 303 Å². The van der Waals surface area contributed by atoms with Gasteiger partial charge in [-0.05, 0) is 79.5 Å². The highest BCUT2D eigenvalue weighted by Crippen LogP contribution is 2.34. The Bertz CT molecular complexity index is 1960. The van der Waals surface area contributed by atoms with Crippen LogP contribution in [0.5, 0.6) is 0 Å². The minimum Gasteiger partial charge on any atom is -0.453 e. The lowest BCUT2D eigenvalue weighted by Crippen LogP contribution is -2.53. The van der Waals surface area contributed by atoms with E-state index in [2.05, 4.69) is 33.5 Å². The molecule has 274 valence electrons. The van der Waals surface area contributed by atoms with Gasteiger partial charge in [-0.25, -0.2) is 14.6 Å². The van der Waals surface area contributed by atoms with E-state index in [0.717, 1.165) is 64.8 Å². The molecule has 0 spiro atoms. The number of methoxy groups -OCH3 is 2. The van der Waals surface area contributed by atoms with Gasteiger partial charge in [0.2, 0.25) is 11.8 Å². The van der Waals surface area contributed by atoms with E-state index in [1.807, 2.05) is 62.9 Å². The van der Waals surface area contributed by atoms with E-state index in [1.165, 1.54) is 14.2 Å². The van der Waals surface area contributed by atoms with E-state index in [0.29, 0.717) is 25.3 Å². The minimum atomic E-state index is -0.697. The number of hydrogen-bond donors (Lipinski definition) is 3. The zero-order valence-electron chi connectivity index (χ0n) is 30.6. The van der Waals surface area contributed by atoms with Crippen LogP contribution < -0.4 is 10.6 Å². The van der Waals surface area contributed by atoms with Gasteiger partial charge in [-0.3, -0.25) is 14.6 Å². The summed E-state index contributed by atoms with van der Waals surface area (Å²) in [7, 11) is 2.58. The van der Waals surface area contributed by atoms with Crippen molar-refractivity contribution in [3.8, 4) is 11.8 Å². The minimum absolute atomic E-state index is 0.0955. The molecule has 4 heterocycles. The van der Waals surface area contributed by atoms with Crippen LogP contribution in [0.2, 0.25) is 0 Å². The maximum atomic E-state index is 13.6. The standard InChI is InChI=1S/C39H47N7O6/c1-22(2)33(43-38(49)51-5)36(47)45-17-7-9-31(45)30-21-26-19-24(13-15-27(26)40-30)11-12-25-14-16-28-29(20-25)42-35(41-28)32-10-8-18-46(32)37(48)34(23(3)4)44-39(50)52-6/h13-16,19-20,22-23,31-34H,7-10,17-18,21H2,1-6H3,(H,41,42)(H,43,49)(H,44,50)/t31-,32-,33?,34-/m0/s1. The summed E-state index contributed by atoms with van der Waals surface area (Å²) in [5, 5.41) is 5.40. The molecule has 2 fully saturated rings. The first-order chi connectivity index (χ1) is 25.0. The summed E-state index contributed by atoms with van der Waals surface area (Å²) < 4.78 is 9.51. The van der Waals surface area contributed by atoms with Gasteiger partial charge in [-0.15, -0.1) is 0 Å². The molecule has 52 heavy (non-hydrogen) atoms. The topological polar surface area (TPSA) is 158 Å². The van der Waals surface area contributed by atoms with Gasteiger partial charge in [0.05, 0.1) is 43.0 Å². The smallest absolute Gasteiger partial charge is 0.407 e. The molecule has 13 nitrogen and oxygen atoms in total. The van der Waals surface area contributed by atoms with Gasteiger partial charge in [0.25, 0.3) is 0 Å². The number of aromatic nitrogens is 2. The molecule has 2 saturated heterocycles. The van der Waals surface area contributed by atoms with Gasteiger partial charge in [0, 0.05) is 36.3 Å². The molecule has 0 radical (unpaired) electrons. The van der Waals surface area contributed by atoms with Gasteiger partial charge in [-0.1, -0.05) is 39.5 Å². The molecule has 4 atom stereocenters. The molecule has 3 aliphatic rings. The molecule has 4 amide bonds. The SMILES string of the molecule is COC(=O)NC(C(=O)N1CCC[C@H]1C1=Nc2ccc(C#Cc3ccc4nc([C@@H]5CCCN5C(=O)[C@@H](NC(=O)OC)C(C)C)[nH]c4c3)cc2C1)C(C)C. The Hall–Kier alpha value is -5.38.